The summed E-state index contributed by atoms with van der Waals surface area (Å²) in [5.74, 6) is 0.00669. The van der Waals surface area contributed by atoms with Crippen molar-refractivity contribution in [2.75, 3.05) is 39.3 Å². The van der Waals surface area contributed by atoms with E-state index in [4.69, 9.17) is 0 Å². The van der Waals surface area contributed by atoms with E-state index in [0.717, 1.165) is 26.2 Å². The minimum absolute atomic E-state index is 0.00669. The van der Waals surface area contributed by atoms with Gasteiger partial charge in [0, 0.05) is 32.7 Å². The molecular formula is C12H25N3O2. The number of piperazine rings is 1. The minimum Gasteiger partial charge on any atom is -0.388 e. The molecule has 1 fully saturated rings. The van der Waals surface area contributed by atoms with Crippen LogP contribution < -0.4 is 10.6 Å². The molecule has 1 aliphatic rings. The van der Waals surface area contributed by atoms with Gasteiger partial charge in [-0.15, -0.1) is 0 Å². The van der Waals surface area contributed by atoms with Gasteiger partial charge >= 0.3 is 0 Å². The van der Waals surface area contributed by atoms with Gasteiger partial charge in [-0.25, -0.2) is 0 Å². The van der Waals surface area contributed by atoms with E-state index >= 15 is 0 Å². The van der Waals surface area contributed by atoms with Gasteiger partial charge in [-0.3, -0.25) is 9.69 Å². The fraction of sp³-hybridized carbons (Fsp3) is 0.917. The number of hydrogen-bond donors (Lipinski definition) is 3. The van der Waals surface area contributed by atoms with Crippen molar-refractivity contribution in [3.05, 3.63) is 0 Å². The lowest BCUT2D eigenvalue weighted by Gasteiger charge is -2.28. The second-order valence-electron chi connectivity index (χ2n) is 4.73. The van der Waals surface area contributed by atoms with Crippen molar-refractivity contribution in [1.29, 1.82) is 0 Å². The summed E-state index contributed by atoms with van der Waals surface area (Å²) in [6.45, 7) is 8.38. The molecule has 0 bridgehead atoms. The van der Waals surface area contributed by atoms with E-state index in [2.05, 4.69) is 15.5 Å². The van der Waals surface area contributed by atoms with E-state index in [1.165, 1.54) is 0 Å². The molecule has 1 amide bonds. The van der Waals surface area contributed by atoms with Crippen molar-refractivity contribution in [1.82, 2.24) is 15.5 Å². The molecule has 1 heterocycles. The topological polar surface area (TPSA) is 64.6 Å². The van der Waals surface area contributed by atoms with Crippen molar-refractivity contribution >= 4 is 5.91 Å². The molecule has 0 aromatic heterocycles. The highest BCUT2D eigenvalue weighted by Gasteiger charge is 2.23. The highest BCUT2D eigenvalue weighted by molar-refractivity contribution is 5.78. The van der Waals surface area contributed by atoms with Crippen LogP contribution in [0.2, 0.25) is 0 Å². The number of nitrogens with zero attached hydrogens (tertiary/aromatic N) is 1. The average Bonchev–Trinajstić information content (AvgIpc) is 2.37. The summed E-state index contributed by atoms with van der Waals surface area (Å²) < 4.78 is 0. The number of nitrogens with one attached hydrogen (secondary N) is 2. The van der Waals surface area contributed by atoms with Crippen LogP contribution in [0.3, 0.4) is 0 Å². The van der Waals surface area contributed by atoms with Crippen LogP contribution in [0.5, 0.6) is 0 Å². The molecule has 1 aliphatic heterocycles. The maximum atomic E-state index is 11.7. The van der Waals surface area contributed by atoms with Gasteiger partial charge in [0.1, 0.15) is 0 Å². The first kappa shape index (κ1) is 14.4. The van der Waals surface area contributed by atoms with Crippen LogP contribution in [0, 0.1) is 0 Å². The molecule has 17 heavy (non-hydrogen) atoms. The largest absolute Gasteiger partial charge is 0.388 e. The molecule has 0 aliphatic carbocycles. The molecule has 0 saturated carbocycles. The first-order chi connectivity index (χ1) is 8.09. The molecule has 1 rings (SSSR count). The molecule has 5 heteroatoms. The molecular weight excluding hydrogens is 218 g/mol. The van der Waals surface area contributed by atoms with Gasteiger partial charge < -0.3 is 15.7 Å². The van der Waals surface area contributed by atoms with Crippen LogP contribution in [0.15, 0.2) is 0 Å². The Balaban J connectivity index is 2.24. The zero-order valence-electron chi connectivity index (χ0n) is 11.0. The van der Waals surface area contributed by atoms with E-state index in [1.54, 1.807) is 0 Å². The van der Waals surface area contributed by atoms with Crippen molar-refractivity contribution in [2.45, 2.75) is 32.3 Å². The Bertz CT molecular complexity index is 236. The summed E-state index contributed by atoms with van der Waals surface area (Å²) in [7, 11) is 0. The molecule has 0 atom stereocenters. The Labute approximate surface area is 104 Å². The van der Waals surface area contributed by atoms with Gasteiger partial charge in [0.15, 0.2) is 0 Å². The number of rotatable bonds is 6. The number of carbonyl (C=O) groups excluding carboxylic acids is 1. The summed E-state index contributed by atoms with van der Waals surface area (Å²) in [6.07, 6.45) is 1.33. The van der Waals surface area contributed by atoms with Crippen LogP contribution in [0.4, 0.5) is 0 Å². The van der Waals surface area contributed by atoms with E-state index in [9.17, 15) is 9.90 Å². The van der Waals surface area contributed by atoms with Crippen molar-refractivity contribution in [3.8, 4) is 0 Å². The van der Waals surface area contributed by atoms with Crippen LogP contribution in [0.1, 0.15) is 26.7 Å². The fourth-order valence-electron chi connectivity index (χ4n) is 1.89. The minimum atomic E-state index is -0.751. The molecule has 0 spiro atoms. The Morgan fingerprint density at radius 1 is 1.35 bits per heavy atom. The van der Waals surface area contributed by atoms with Gasteiger partial charge in [0.2, 0.25) is 5.91 Å². The molecule has 100 valence electrons. The zero-order valence-corrected chi connectivity index (χ0v) is 11.0. The summed E-state index contributed by atoms with van der Waals surface area (Å²) >= 11 is 0. The number of carbonyl (C=O) groups is 1. The lowest BCUT2D eigenvalue weighted by Crippen LogP contribution is -2.49. The highest BCUT2D eigenvalue weighted by Crippen LogP contribution is 2.12. The summed E-state index contributed by atoms with van der Waals surface area (Å²) in [4.78, 5) is 13.8. The Kier molecular flexibility index (Phi) is 5.88. The van der Waals surface area contributed by atoms with Crippen LogP contribution in [-0.4, -0.2) is 60.8 Å². The van der Waals surface area contributed by atoms with Crippen molar-refractivity contribution < 1.29 is 9.90 Å². The lowest BCUT2D eigenvalue weighted by atomic mass is 9.98. The first-order valence-corrected chi connectivity index (χ1v) is 6.52. The molecule has 0 aromatic carbocycles. The average molecular weight is 243 g/mol. The molecule has 0 radical (unpaired) electrons. The summed E-state index contributed by atoms with van der Waals surface area (Å²) in [5, 5.41) is 16.1. The zero-order chi connectivity index (χ0) is 12.7. The third-order valence-corrected chi connectivity index (χ3v) is 3.51. The number of amides is 1. The number of aliphatic hydroxyl groups is 1. The van der Waals surface area contributed by atoms with Gasteiger partial charge in [0.25, 0.3) is 0 Å². The normalized spacial score (nSPS) is 18.1. The van der Waals surface area contributed by atoms with Crippen LogP contribution >= 0.6 is 0 Å². The SMILES string of the molecule is CCC(O)(CC)CNC(=O)CN1CCNCC1. The molecule has 3 N–H and O–H groups in total. The van der Waals surface area contributed by atoms with Gasteiger partial charge in [-0.2, -0.15) is 0 Å². The lowest BCUT2D eigenvalue weighted by molar-refractivity contribution is -0.123. The van der Waals surface area contributed by atoms with E-state index in [1.807, 2.05) is 13.8 Å². The molecule has 1 saturated heterocycles. The van der Waals surface area contributed by atoms with Gasteiger partial charge in [-0.05, 0) is 12.8 Å². The fourth-order valence-corrected chi connectivity index (χ4v) is 1.89. The smallest absolute Gasteiger partial charge is 0.234 e. The third kappa shape index (κ3) is 5.02. The molecule has 0 aromatic rings. The quantitative estimate of drug-likeness (QED) is 0.592. The first-order valence-electron chi connectivity index (χ1n) is 6.52. The van der Waals surface area contributed by atoms with E-state index < -0.39 is 5.60 Å². The monoisotopic (exact) mass is 243 g/mol. The van der Waals surface area contributed by atoms with Gasteiger partial charge in [0.05, 0.1) is 12.1 Å². The Hall–Kier alpha value is -0.650. The third-order valence-electron chi connectivity index (χ3n) is 3.51. The predicted molar refractivity (Wildman–Crippen MR) is 67.9 cm³/mol. The van der Waals surface area contributed by atoms with Gasteiger partial charge in [-0.1, -0.05) is 13.8 Å². The van der Waals surface area contributed by atoms with Crippen molar-refractivity contribution in [2.24, 2.45) is 0 Å². The maximum Gasteiger partial charge on any atom is 0.234 e. The van der Waals surface area contributed by atoms with Crippen LogP contribution in [0.25, 0.3) is 0 Å². The summed E-state index contributed by atoms with van der Waals surface area (Å²) in [5.41, 5.74) is -0.751. The molecule has 0 unspecified atom stereocenters. The second kappa shape index (κ2) is 6.93. The highest BCUT2D eigenvalue weighted by atomic mass is 16.3. The second-order valence-corrected chi connectivity index (χ2v) is 4.73. The standard InChI is InChI=1S/C12H25N3O2/c1-3-12(17,4-2)10-14-11(16)9-15-7-5-13-6-8-15/h13,17H,3-10H2,1-2H3,(H,14,16). The maximum absolute atomic E-state index is 11.7. The summed E-state index contributed by atoms with van der Waals surface area (Å²) in [6, 6.07) is 0. The Morgan fingerprint density at radius 2 is 1.94 bits per heavy atom. The van der Waals surface area contributed by atoms with E-state index in [-0.39, 0.29) is 5.91 Å². The van der Waals surface area contributed by atoms with Crippen molar-refractivity contribution in [3.63, 3.8) is 0 Å². The Morgan fingerprint density at radius 3 is 2.47 bits per heavy atom. The molecule has 5 nitrogen and oxygen atoms in total. The van der Waals surface area contributed by atoms with E-state index in [0.29, 0.717) is 25.9 Å². The van der Waals surface area contributed by atoms with Crippen LogP contribution in [-0.2, 0) is 4.79 Å². The number of hydrogen-bond acceptors (Lipinski definition) is 4. The predicted octanol–water partition coefficient (Wildman–Crippen LogP) is -0.441.